The van der Waals surface area contributed by atoms with Crippen LogP contribution < -0.4 is 10.6 Å². The van der Waals surface area contributed by atoms with Gasteiger partial charge in [-0.1, -0.05) is 5.92 Å². The number of nitrogens with zero attached hydrogens (tertiary/aromatic N) is 1. The lowest BCUT2D eigenvalue weighted by Gasteiger charge is -2.16. The quantitative estimate of drug-likeness (QED) is 0.472. The van der Waals surface area contributed by atoms with Crippen LogP contribution in [-0.2, 0) is 9.59 Å². The molecule has 0 spiro atoms. The second kappa shape index (κ2) is 6.13. The van der Waals surface area contributed by atoms with E-state index in [2.05, 4.69) is 16.6 Å². The number of hydrogen-bond acceptors (Lipinski definition) is 3. The molecule has 1 aliphatic rings. The highest BCUT2D eigenvalue weighted by atomic mass is 16.2. The smallest absolute Gasteiger partial charge is 0.236 e. The Kier molecular flexibility index (Phi) is 4.80. The van der Waals surface area contributed by atoms with Gasteiger partial charge in [0, 0.05) is 26.1 Å². The number of nitrogens with one attached hydrogen (secondary N) is 2. The zero-order valence-corrected chi connectivity index (χ0v) is 9.45. The second-order valence-electron chi connectivity index (χ2n) is 3.83. The Morgan fingerprint density at radius 1 is 1.56 bits per heavy atom. The highest BCUT2D eigenvalue weighted by Gasteiger charge is 2.25. The number of rotatable bonds is 4. The lowest BCUT2D eigenvalue weighted by molar-refractivity contribution is -0.129. The summed E-state index contributed by atoms with van der Waals surface area (Å²) in [4.78, 5) is 24.2. The van der Waals surface area contributed by atoms with Crippen LogP contribution in [0, 0.1) is 12.3 Å². The van der Waals surface area contributed by atoms with E-state index in [0.29, 0.717) is 19.6 Å². The Balaban J connectivity index is 2.27. The normalized spacial score (nSPS) is 19.2. The van der Waals surface area contributed by atoms with Crippen LogP contribution in [0.2, 0.25) is 0 Å². The predicted molar refractivity (Wildman–Crippen MR) is 60.5 cm³/mol. The van der Waals surface area contributed by atoms with Crippen LogP contribution in [0.25, 0.3) is 0 Å². The van der Waals surface area contributed by atoms with Gasteiger partial charge < -0.3 is 10.2 Å². The molecule has 1 unspecified atom stereocenters. The first kappa shape index (κ1) is 12.5. The lowest BCUT2D eigenvalue weighted by atomic mass is 10.3. The molecule has 0 aromatic rings. The third-order valence-corrected chi connectivity index (χ3v) is 2.45. The Hall–Kier alpha value is -1.54. The minimum atomic E-state index is -0.0512. The third kappa shape index (κ3) is 3.91. The molecule has 1 heterocycles. The molecule has 2 amide bonds. The summed E-state index contributed by atoms with van der Waals surface area (Å²) in [6.45, 7) is 3.43. The maximum Gasteiger partial charge on any atom is 0.236 e. The molecule has 0 aromatic carbocycles. The van der Waals surface area contributed by atoms with E-state index in [1.54, 1.807) is 4.90 Å². The van der Waals surface area contributed by atoms with Gasteiger partial charge in [0.1, 0.15) is 0 Å². The largest absolute Gasteiger partial charge is 0.352 e. The van der Waals surface area contributed by atoms with Gasteiger partial charge in [0.25, 0.3) is 0 Å². The van der Waals surface area contributed by atoms with Gasteiger partial charge in [-0.05, 0) is 6.42 Å². The van der Waals surface area contributed by atoms with Crippen LogP contribution in [-0.4, -0.2) is 48.9 Å². The highest BCUT2D eigenvalue weighted by molar-refractivity contribution is 5.79. The monoisotopic (exact) mass is 223 g/mol. The Bertz CT molecular complexity index is 309. The van der Waals surface area contributed by atoms with E-state index in [-0.39, 0.29) is 24.4 Å². The zero-order chi connectivity index (χ0) is 12.0. The summed E-state index contributed by atoms with van der Waals surface area (Å²) in [5.41, 5.74) is 0. The molecule has 1 saturated heterocycles. The first-order valence-corrected chi connectivity index (χ1v) is 5.32. The van der Waals surface area contributed by atoms with Crippen molar-refractivity contribution in [2.45, 2.75) is 19.4 Å². The molecule has 2 N–H and O–H groups in total. The molecule has 1 fully saturated rings. The molecule has 0 bridgehead atoms. The van der Waals surface area contributed by atoms with Crippen LogP contribution in [0.3, 0.4) is 0 Å². The van der Waals surface area contributed by atoms with Crippen molar-refractivity contribution in [1.82, 2.24) is 15.5 Å². The number of hydrogen-bond donors (Lipinski definition) is 2. The molecule has 5 nitrogen and oxygen atoms in total. The van der Waals surface area contributed by atoms with Crippen molar-refractivity contribution in [2.24, 2.45) is 0 Å². The summed E-state index contributed by atoms with van der Waals surface area (Å²) in [6.07, 6.45) is 5.88. The molecule has 1 aliphatic heterocycles. The lowest BCUT2D eigenvalue weighted by Crippen LogP contribution is -2.40. The van der Waals surface area contributed by atoms with Gasteiger partial charge in [0.15, 0.2) is 0 Å². The van der Waals surface area contributed by atoms with Gasteiger partial charge in [-0.3, -0.25) is 14.9 Å². The summed E-state index contributed by atoms with van der Waals surface area (Å²) < 4.78 is 0. The van der Waals surface area contributed by atoms with Gasteiger partial charge >= 0.3 is 0 Å². The van der Waals surface area contributed by atoms with Crippen LogP contribution in [0.1, 0.15) is 13.3 Å². The topological polar surface area (TPSA) is 61.4 Å². The number of likely N-dealkylation sites (tertiary alicyclic amines) is 1. The summed E-state index contributed by atoms with van der Waals surface area (Å²) in [5.74, 6) is 2.39. The first-order valence-electron chi connectivity index (χ1n) is 5.32. The van der Waals surface area contributed by atoms with Gasteiger partial charge in [-0.15, -0.1) is 6.42 Å². The SMILES string of the molecule is C#CCNCC(=O)N1CCC(NC(C)=O)C1. The van der Waals surface area contributed by atoms with Crippen molar-refractivity contribution in [3.8, 4) is 12.3 Å². The number of terminal acetylenes is 1. The van der Waals surface area contributed by atoms with Crippen molar-refractivity contribution >= 4 is 11.8 Å². The second-order valence-corrected chi connectivity index (χ2v) is 3.83. The Morgan fingerprint density at radius 2 is 2.31 bits per heavy atom. The average Bonchev–Trinajstić information content (AvgIpc) is 2.65. The molecule has 5 heteroatoms. The highest BCUT2D eigenvalue weighted by Crippen LogP contribution is 2.08. The van der Waals surface area contributed by atoms with E-state index in [1.165, 1.54) is 6.92 Å². The molecule has 0 radical (unpaired) electrons. The fourth-order valence-corrected chi connectivity index (χ4v) is 1.75. The third-order valence-electron chi connectivity index (χ3n) is 2.45. The van der Waals surface area contributed by atoms with Crippen molar-refractivity contribution in [3.05, 3.63) is 0 Å². The molecular weight excluding hydrogens is 206 g/mol. The Morgan fingerprint density at radius 3 is 2.94 bits per heavy atom. The predicted octanol–water partition coefficient (Wildman–Crippen LogP) is -1.05. The van der Waals surface area contributed by atoms with Crippen LogP contribution in [0.5, 0.6) is 0 Å². The molecular formula is C11H17N3O2. The molecule has 1 rings (SSSR count). The van der Waals surface area contributed by atoms with Crippen molar-refractivity contribution in [2.75, 3.05) is 26.2 Å². The summed E-state index contributed by atoms with van der Waals surface area (Å²) in [6, 6.07) is 0.0917. The van der Waals surface area contributed by atoms with Crippen LogP contribution >= 0.6 is 0 Å². The summed E-state index contributed by atoms with van der Waals surface area (Å²) >= 11 is 0. The first-order chi connectivity index (χ1) is 7.63. The Labute approximate surface area is 95.6 Å². The minimum absolute atomic E-state index is 0.0307. The zero-order valence-electron chi connectivity index (χ0n) is 9.45. The van der Waals surface area contributed by atoms with E-state index < -0.39 is 0 Å². The summed E-state index contributed by atoms with van der Waals surface area (Å²) in [5, 5.41) is 5.66. The van der Waals surface area contributed by atoms with Gasteiger partial charge in [0.05, 0.1) is 13.1 Å². The minimum Gasteiger partial charge on any atom is -0.352 e. The number of carbonyl (C=O) groups is 2. The van der Waals surface area contributed by atoms with E-state index >= 15 is 0 Å². The van der Waals surface area contributed by atoms with Crippen molar-refractivity contribution < 1.29 is 9.59 Å². The fraction of sp³-hybridized carbons (Fsp3) is 0.636. The number of amides is 2. The molecule has 0 aliphatic carbocycles. The van der Waals surface area contributed by atoms with Gasteiger partial charge in [0.2, 0.25) is 11.8 Å². The molecule has 88 valence electrons. The van der Waals surface area contributed by atoms with Crippen LogP contribution in [0.15, 0.2) is 0 Å². The maximum absolute atomic E-state index is 11.6. The molecule has 0 saturated carbocycles. The molecule has 16 heavy (non-hydrogen) atoms. The van der Waals surface area contributed by atoms with E-state index in [1.807, 2.05) is 0 Å². The van der Waals surface area contributed by atoms with E-state index in [0.717, 1.165) is 6.42 Å². The van der Waals surface area contributed by atoms with Crippen LogP contribution in [0.4, 0.5) is 0 Å². The fourth-order valence-electron chi connectivity index (χ4n) is 1.75. The van der Waals surface area contributed by atoms with Gasteiger partial charge in [-0.2, -0.15) is 0 Å². The molecule has 1 atom stereocenters. The standard InChI is InChI=1S/C11H17N3O2/c1-3-5-12-7-11(16)14-6-4-10(8-14)13-9(2)15/h1,10,12H,4-8H2,2H3,(H,13,15). The van der Waals surface area contributed by atoms with E-state index in [4.69, 9.17) is 6.42 Å². The average molecular weight is 223 g/mol. The maximum atomic E-state index is 11.6. The van der Waals surface area contributed by atoms with Crippen molar-refractivity contribution in [1.29, 1.82) is 0 Å². The number of carbonyl (C=O) groups excluding carboxylic acids is 2. The summed E-state index contributed by atoms with van der Waals surface area (Å²) in [7, 11) is 0. The molecule has 0 aromatic heterocycles. The van der Waals surface area contributed by atoms with Crippen molar-refractivity contribution in [3.63, 3.8) is 0 Å². The van der Waals surface area contributed by atoms with E-state index in [9.17, 15) is 9.59 Å². The van der Waals surface area contributed by atoms with Gasteiger partial charge in [-0.25, -0.2) is 0 Å².